The summed E-state index contributed by atoms with van der Waals surface area (Å²) < 4.78 is 5.50. The highest BCUT2D eigenvalue weighted by Crippen LogP contribution is 2.38. The summed E-state index contributed by atoms with van der Waals surface area (Å²) in [5.74, 6) is 0.496. The van der Waals surface area contributed by atoms with Crippen molar-refractivity contribution in [1.29, 1.82) is 0 Å². The maximum Gasteiger partial charge on any atom is 0.0729 e. The Labute approximate surface area is 87.7 Å². The van der Waals surface area contributed by atoms with Gasteiger partial charge in [0.25, 0.3) is 0 Å². The van der Waals surface area contributed by atoms with Crippen LogP contribution in [0, 0.1) is 5.92 Å². The van der Waals surface area contributed by atoms with Gasteiger partial charge in [-0.1, -0.05) is 6.07 Å². The van der Waals surface area contributed by atoms with Gasteiger partial charge in [-0.3, -0.25) is 0 Å². The maximum absolute atomic E-state index is 6.35. The largest absolute Gasteiger partial charge is 0.378 e. The molecule has 2 heterocycles. The lowest BCUT2D eigenvalue weighted by molar-refractivity contribution is 0.120. The Morgan fingerprint density at radius 2 is 2.54 bits per heavy atom. The van der Waals surface area contributed by atoms with Gasteiger partial charge < -0.3 is 4.74 Å². The molecule has 1 aromatic heterocycles. The first-order valence-corrected chi connectivity index (χ1v) is 5.88. The molecule has 1 fully saturated rings. The van der Waals surface area contributed by atoms with E-state index in [2.05, 4.69) is 24.4 Å². The minimum atomic E-state index is 0.143. The summed E-state index contributed by atoms with van der Waals surface area (Å²) >= 11 is 8.08. The smallest absolute Gasteiger partial charge is 0.0729 e. The fourth-order valence-electron chi connectivity index (χ4n) is 1.73. The van der Waals surface area contributed by atoms with Gasteiger partial charge in [0.2, 0.25) is 0 Å². The molecule has 1 aliphatic rings. The average Bonchev–Trinajstić information content (AvgIpc) is 2.72. The molecule has 72 valence electrons. The molecule has 1 saturated heterocycles. The zero-order valence-electron chi connectivity index (χ0n) is 7.57. The van der Waals surface area contributed by atoms with Crippen molar-refractivity contribution in [2.45, 2.75) is 24.8 Å². The van der Waals surface area contributed by atoms with Crippen LogP contribution in [0.5, 0.6) is 0 Å². The van der Waals surface area contributed by atoms with Crippen molar-refractivity contribution in [3.8, 4) is 0 Å². The lowest BCUT2D eigenvalue weighted by atomic mass is 10.0. The van der Waals surface area contributed by atoms with Crippen molar-refractivity contribution in [3.63, 3.8) is 0 Å². The molecule has 0 radical (unpaired) electrons. The number of ether oxygens (including phenoxy) is 1. The number of alkyl halides is 1. The van der Waals surface area contributed by atoms with E-state index >= 15 is 0 Å². The second-order valence-electron chi connectivity index (χ2n) is 3.56. The van der Waals surface area contributed by atoms with Crippen molar-refractivity contribution in [2.75, 3.05) is 6.61 Å². The monoisotopic (exact) mass is 216 g/mol. The van der Waals surface area contributed by atoms with Crippen molar-refractivity contribution in [3.05, 3.63) is 22.4 Å². The third kappa shape index (κ3) is 2.06. The molecule has 0 aromatic carbocycles. The molecular weight excluding hydrogens is 204 g/mol. The van der Waals surface area contributed by atoms with Gasteiger partial charge in [-0.2, -0.15) is 0 Å². The summed E-state index contributed by atoms with van der Waals surface area (Å²) in [6.45, 7) is 2.92. The molecule has 0 spiro atoms. The summed E-state index contributed by atoms with van der Waals surface area (Å²) in [5, 5.41) is 2.22. The summed E-state index contributed by atoms with van der Waals surface area (Å²) in [6.07, 6.45) is 1.47. The molecule has 1 aromatic rings. The van der Waals surface area contributed by atoms with Crippen LogP contribution in [0.2, 0.25) is 0 Å². The number of rotatable bonds is 2. The first-order valence-electron chi connectivity index (χ1n) is 4.56. The first kappa shape index (κ1) is 9.50. The summed E-state index contributed by atoms with van der Waals surface area (Å²) in [4.78, 5) is 1.27. The van der Waals surface area contributed by atoms with E-state index in [1.807, 2.05) is 0 Å². The molecule has 13 heavy (non-hydrogen) atoms. The highest BCUT2D eigenvalue weighted by atomic mass is 35.5. The Morgan fingerprint density at radius 1 is 1.69 bits per heavy atom. The molecule has 2 rings (SSSR count). The normalized spacial score (nSPS) is 30.6. The molecule has 3 unspecified atom stereocenters. The molecule has 0 bridgehead atoms. The van der Waals surface area contributed by atoms with Crippen LogP contribution in [0.15, 0.2) is 17.5 Å². The topological polar surface area (TPSA) is 9.23 Å². The Bertz CT molecular complexity index is 260. The molecule has 0 aliphatic carbocycles. The van der Waals surface area contributed by atoms with Gasteiger partial charge in [0.05, 0.1) is 18.1 Å². The van der Waals surface area contributed by atoms with Gasteiger partial charge in [-0.25, -0.2) is 0 Å². The summed E-state index contributed by atoms with van der Waals surface area (Å²) in [7, 11) is 0. The van der Waals surface area contributed by atoms with Gasteiger partial charge >= 0.3 is 0 Å². The molecule has 0 saturated carbocycles. The Balaban J connectivity index is 2.02. The van der Waals surface area contributed by atoms with E-state index in [9.17, 15) is 0 Å². The molecule has 1 aliphatic heterocycles. The van der Waals surface area contributed by atoms with Crippen molar-refractivity contribution >= 4 is 22.9 Å². The minimum absolute atomic E-state index is 0.143. The third-order valence-electron chi connectivity index (χ3n) is 2.46. The second kappa shape index (κ2) is 3.99. The van der Waals surface area contributed by atoms with Gasteiger partial charge in [0, 0.05) is 10.8 Å². The Morgan fingerprint density at radius 3 is 3.08 bits per heavy atom. The molecule has 3 atom stereocenters. The van der Waals surface area contributed by atoms with Crippen LogP contribution >= 0.6 is 22.9 Å². The number of hydrogen-bond donors (Lipinski definition) is 0. The van der Waals surface area contributed by atoms with E-state index in [-0.39, 0.29) is 5.38 Å². The van der Waals surface area contributed by atoms with Crippen LogP contribution in [0.1, 0.15) is 23.6 Å². The van der Waals surface area contributed by atoms with Crippen LogP contribution in [-0.2, 0) is 4.74 Å². The van der Waals surface area contributed by atoms with Crippen molar-refractivity contribution in [1.82, 2.24) is 0 Å². The lowest BCUT2D eigenvalue weighted by Crippen LogP contribution is -2.06. The molecule has 0 N–H and O–H groups in total. The predicted octanol–water partition coefficient (Wildman–Crippen LogP) is 3.45. The highest BCUT2D eigenvalue weighted by molar-refractivity contribution is 7.10. The fraction of sp³-hybridized carbons (Fsp3) is 0.600. The molecule has 1 nitrogen and oxygen atoms in total. The van der Waals surface area contributed by atoms with Crippen molar-refractivity contribution in [2.24, 2.45) is 5.92 Å². The average molecular weight is 217 g/mol. The molecule has 0 amide bonds. The Hall–Kier alpha value is -0.0500. The van der Waals surface area contributed by atoms with Crippen LogP contribution in [0.3, 0.4) is 0 Å². The van der Waals surface area contributed by atoms with Crippen LogP contribution < -0.4 is 0 Å². The predicted molar refractivity (Wildman–Crippen MR) is 56.4 cm³/mol. The standard InChI is InChI=1S/C10H13ClOS/c1-7-5-8(6-12-7)10(11)9-3-2-4-13-9/h2-4,7-8,10H,5-6H2,1H3. The van der Waals surface area contributed by atoms with Crippen LogP contribution in [0.4, 0.5) is 0 Å². The molecular formula is C10H13ClOS. The lowest BCUT2D eigenvalue weighted by Gasteiger charge is -2.13. The summed E-state index contributed by atoms with van der Waals surface area (Å²) in [6, 6.07) is 4.15. The van der Waals surface area contributed by atoms with Crippen LogP contribution in [-0.4, -0.2) is 12.7 Å². The van der Waals surface area contributed by atoms with E-state index in [0.717, 1.165) is 13.0 Å². The fourth-order valence-corrected chi connectivity index (χ4v) is 2.93. The van der Waals surface area contributed by atoms with E-state index < -0.39 is 0 Å². The molecule has 3 heteroatoms. The maximum atomic E-state index is 6.35. The van der Waals surface area contributed by atoms with E-state index in [0.29, 0.717) is 12.0 Å². The SMILES string of the molecule is CC1CC(C(Cl)c2cccs2)CO1. The van der Waals surface area contributed by atoms with Gasteiger partial charge in [-0.05, 0) is 24.8 Å². The van der Waals surface area contributed by atoms with E-state index in [1.54, 1.807) is 11.3 Å². The quantitative estimate of drug-likeness (QED) is 0.689. The van der Waals surface area contributed by atoms with Gasteiger partial charge in [0.1, 0.15) is 0 Å². The van der Waals surface area contributed by atoms with E-state index in [1.165, 1.54) is 4.88 Å². The van der Waals surface area contributed by atoms with Crippen LogP contribution in [0.25, 0.3) is 0 Å². The van der Waals surface area contributed by atoms with Crippen molar-refractivity contribution < 1.29 is 4.74 Å². The van der Waals surface area contributed by atoms with Gasteiger partial charge in [0.15, 0.2) is 0 Å². The third-order valence-corrected chi connectivity index (χ3v) is 4.13. The highest BCUT2D eigenvalue weighted by Gasteiger charge is 2.29. The minimum Gasteiger partial charge on any atom is -0.378 e. The zero-order valence-corrected chi connectivity index (χ0v) is 9.15. The number of thiophene rings is 1. The number of hydrogen-bond acceptors (Lipinski definition) is 2. The first-order chi connectivity index (χ1) is 6.27. The second-order valence-corrected chi connectivity index (χ2v) is 5.01. The zero-order chi connectivity index (χ0) is 9.26. The van der Waals surface area contributed by atoms with Gasteiger partial charge in [-0.15, -0.1) is 22.9 Å². The number of halogens is 1. The Kier molecular flexibility index (Phi) is 2.92. The van der Waals surface area contributed by atoms with E-state index in [4.69, 9.17) is 16.3 Å². The summed E-state index contributed by atoms with van der Waals surface area (Å²) in [5.41, 5.74) is 0.